The first-order chi connectivity index (χ1) is 12.7. The van der Waals surface area contributed by atoms with Gasteiger partial charge in [-0.25, -0.2) is 17.9 Å². The zero-order chi connectivity index (χ0) is 20.2. The summed E-state index contributed by atoms with van der Waals surface area (Å²) >= 11 is 0. The number of carbonyl (C=O) groups is 3. The molecular formula is C17H24N4O5S. The van der Waals surface area contributed by atoms with Gasteiger partial charge in [0.1, 0.15) is 12.1 Å². The Kier molecular flexibility index (Phi) is 6.22. The van der Waals surface area contributed by atoms with Crippen LogP contribution in [0.25, 0.3) is 0 Å². The highest BCUT2D eigenvalue weighted by Crippen LogP contribution is 2.24. The molecule has 2 rings (SSSR count). The van der Waals surface area contributed by atoms with Gasteiger partial charge in [-0.1, -0.05) is 26.0 Å². The maximum Gasteiger partial charge on any atom is 0.325 e. The molecule has 0 atom stereocenters. The van der Waals surface area contributed by atoms with Gasteiger partial charge in [-0.15, -0.1) is 0 Å². The Bertz CT molecular complexity index is 849. The molecule has 10 heteroatoms. The second kappa shape index (κ2) is 8.05. The van der Waals surface area contributed by atoms with E-state index in [1.54, 1.807) is 26.0 Å². The molecule has 4 amide bonds. The zero-order valence-electron chi connectivity index (χ0n) is 15.5. The normalized spacial score (nSPS) is 16.3. The van der Waals surface area contributed by atoms with Crippen molar-refractivity contribution in [2.24, 2.45) is 0 Å². The Morgan fingerprint density at radius 3 is 2.44 bits per heavy atom. The fourth-order valence-electron chi connectivity index (χ4n) is 2.89. The van der Waals surface area contributed by atoms with Crippen LogP contribution in [0.4, 0.5) is 4.79 Å². The lowest BCUT2D eigenvalue weighted by atomic mass is 9.93. The fourth-order valence-corrected chi connectivity index (χ4v) is 3.69. The lowest BCUT2D eigenvalue weighted by Gasteiger charge is -2.23. The van der Waals surface area contributed by atoms with Crippen LogP contribution in [0, 0.1) is 0 Å². The second-order valence-electron chi connectivity index (χ2n) is 6.24. The number of rotatable bonds is 8. The molecule has 1 heterocycles. The molecule has 3 N–H and O–H groups in total. The number of sulfonamides is 1. The third-order valence-corrected chi connectivity index (χ3v) is 6.13. The van der Waals surface area contributed by atoms with Crippen molar-refractivity contribution in [3.8, 4) is 0 Å². The highest BCUT2D eigenvalue weighted by molar-refractivity contribution is 7.89. The van der Waals surface area contributed by atoms with Gasteiger partial charge in [0.25, 0.3) is 5.91 Å². The summed E-state index contributed by atoms with van der Waals surface area (Å²) in [6.45, 7) is 3.29. The minimum absolute atomic E-state index is 0.0717. The van der Waals surface area contributed by atoms with Gasteiger partial charge in [0.05, 0.1) is 4.90 Å². The predicted octanol–water partition coefficient (Wildman–Crippen LogP) is 0.322. The standard InChI is InChI=1S/C17H24N4O5S/c1-4-17(5-2)15(23)21(16(24)20-17)11-14(22)19-10-12-7-6-8-13(9-12)27(25,26)18-3/h6-9,18H,4-5,10-11H2,1-3H3,(H,19,22)(H,20,24). The number of carbonyl (C=O) groups excluding carboxylic acids is 3. The molecule has 9 nitrogen and oxygen atoms in total. The summed E-state index contributed by atoms with van der Waals surface area (Å²) in [4.78, 5) is 37.7. The Labute approximate surface area is 158 Å². The molecule has 0 unspecified atom stereocenters. The number of amides is 4. The summed E-state index contributed by atoms with van der Waals surface area (Å²) in [5.41, 5.74) is -0.374. The quantitative estimate of drug-likeness (QED) is 0.546. The Morgan fingerprint density at radius 2 is 1.89 bits per heavy atom. The van der Waals surface area contributed by atoms with Gasteiger partial charge >= 0.3 is 6.03 Å². The van der Waals surface area contributed by atoms with Crippen molar-refractivity contribution >= 4 is 27.9 Å². The van der Waals surface area contributed by atoms with Gasteiger partial charge in [0.2, 0.25) is 15.9 Å². The molecule has 1 aliphatic heterocycles. The van der Waals surface area contributed by atoms with E-state index < -0.39 is 33.4 Å². The smallest absolute Gasteiger partial charge is 0.325 e. The van der Waals surface area contributed by atoms with Crippen molar-refractivity contribution in [1.82, 2.24) is 20.3 Å². The van der Waals surface area contributed by atoms with Crippen LogP contribution in [-0.2, 0) is 26.2 Å². The van der Waals surface area contributed by atoms with E-state index in [9.17, 15) is 22.8 Å². The van der Waals surface area contributed by atoms with Gasteiger partial charge in [-0.2, -0.15) is 0 Å². The Morgan fingerprint density at radius 1 is 1.22 bits per heavy atom. The van der Waals surface area contributed by atoms with E-state index in [0.29, 0.717) is 18.4 Å². The van der Waals surface area contributed by atoms with Crippen molar-refractivity contribution in [2.45, 2.75) is 43.7 Å². The van der Waals surface area contributed by atoms with Crippen molar-refractivity contribution < 1.29 is 22.8 Å². The highest BCUT2D eigenvalue weighted by Gasteiger charge is 2.49. The first kappa shape index (κ1) is 20.8. The minimum Gasteiger partial charge on any atom is -0.350 e. The van der Waals surface area contributed by atoms with E-state index in [4.69, 9.17) is 0 Å². The Balaban J connectivity index is 2.00. The molecule has 148 valence electrons. The number of nitrogens with zero attached hydrogens (tertiary/aromatic N) is 1. The number of nitrogens with one attached hydrogen (secondary N) is 3. The first-order valence-corrected chi connectivity index (χ1v) is 10.1. The lowest BCUT2D eigenvalue weighted by molar-refractivity contribution is -0.135. The fraction of sp³-hybridized carbons (Fsp3) is 0.471. The summed E-state index contributed by atoms with van der Waals surface area (Å²) in [6.07, 6.45) is 0.887. The molecule has 0 spiro atoms. The molecule has 27 heavy (non-hydrogen) atoms. The molecule has 1 aliphatic rings. The van der Waals surface area contributed by atoms with Gasteiger partial charge in [-0.05, 0) is 37.6 Å². The van der Waals surface area contributed by atoms with Crippen LogP contribution in [-0.4, -0.2) is 50.3 Å². The van der Waals surface area contributed by atoms with Crippen LogP contribution >= 0.6 is 0 Å². The van der Waals surface area contributed by atoms with Crippen LogP contribution in [0.3, 0.4) is 0 Å². The minimum atomic E-state index is -3.58. The number of hydrogen-bond acceptors (Lipinski definition) is 5. The van der Waals surface area contributed by atoms with Crippen LogP contribution in [0.2, 0.25) is 0 Å². The van der Waals surface area contributed by atoms with Crippen molar-refractivity contribution in [1.29, 1.82) is 0 Å². The summed E-state index contributed by atoms with van der Waals surface area (Å²) in [5, 5.41) is 5.26. The first-order valence-electron chi connectivity index (χ1n) is 8.62. The van der Waals surface area contributed by atoms with E-state index in [1.807, 2.05) is 0 Å². The van der Waals surface area contributed by atoms with Crippen LogP contribution < -0.4 is 15.4 Å². The molecular weight excluding hydrogens is 372 g/mol. The monoisotopic (exact) mass is 396 g/mol. The summed E-state index contributed by atoms with van der Waals surface area (Å²) in [5.74, 6) is -0.918. The lowest BCUT2D eigenvalue weighted by Crippen LogP contribution is -2.46. The number of imide groups is 1. The SMILES string of the molecule is CCC1(CC)NC(=O)N(CC(=O)NCc2cccc(S(=O)(=O)NC)c2)C1=O. The molecule has 0 aromatic heterocycles. The van der Waals surface area contributed by atoms with E-state index >= 15 is 0 Å². The van der Waals surface area contributed by atoms with Gasteiger partial charge in [-0.3, -0.25) is 14.5 Å². The summed E-state index contributed by atoms with van der Waals surface area (Å²) < 4.78 is 25.9. The molecule has 1 aromatic rings. The van der Waals surface area contributed by atoms with Crippen LogP contribution in [0.5, 0.6) is 0 Å². The largest absolute Gasteiger partial charge is 0.350 e. The van der Waals surface area contributed by atoms with Crippen LogP contribution in [0.15, 0.2) is 29.2 Å². The third-order valence-electron chi connectivity index (χ3n) is 4.72. The second-order valence-corrected chi connectivity index (χ2v) is 8.13. The number of hydrogen-bond donors (Lipinski definition) is 3. The van der Waals surface area contributed by atoms with Gasteiger partial charge < -0.3 is 10.6 Å². The van der Waals surface area contributed by atoms with E-state index in [0.717, 1.165) is 4.90 Å². The number of benzene rings is 1. The van der Waals surface area contributed by atoms with Crippen molar-refractivity contribution in [2.75, 3.05) is 13.6 Å². The van der Waals surface area contributed by atoms with Crippen molar-refractivity contribution in [3.05, 3.63) is 29.8 Å². The Hall–Kier alpha value is -2.46. The summed E-state index contributed by atoms with van der Waals surface area (Å²) in [6, 6.07) is 5.54. The molecule has 1 fully saturated rings. The van der Waals surface area contributed by atoms with Crippen molar-refractivity contribution in [3.63, 3.8) is 0 Å². The van der Waals surface area contributed by atoms with Gasteiger partial charge in [0, 0.05) is 6.54 Å². The topological polar surface area (TPSA) is 125 Å². The summed E-state index contributed by atoms with van der Waals surface area (Å²) in [7, 11) is -2.27. The predicted molar refractivity (Wildman–Crippen MR) is 98.1 cm³/mol. The third kappa shape index (κ3) is 4.28. The molecule has 0 aliphatic carbocycles. The van der Waals surface area contributed by atoms with Gasteiger partial charge in [0.15, 0.2) is 0 Å². The van der Waals surface area contributed by atoms with E-state index in [-0.39, 0.29) is 18.0 Å². The molecule has 1 saturated heterocycles. The molecule has 1 aromatic carbocycles. The highest BCUT2D eigenvalue weighted by atomic mass is 32.2. The zero-order valence-corrected chi connectivity index (χ0v) is 16.4. The molecule has 0 bridgehead atoms. The molecule has 0 radical (unpaired) electrons. The maximum atomic E-state index is 12.5. The van der Waals surface area contributed by atoms with E-state index in [2.05, 4.69) is 15.4 Å². The van der Waals surface area contributed by atoms with E-state index in [1.165, 1.54) is 19.2 Å². The average Bonchev–Trinajstić information content (AvgIpc) is 2.91. The van der Waals surface area contributed by atoms with Crippen LogP contribution in [0.1, 0.15) is 32.3 Å². The number of urea groups is 1. The maximum absolute atomic E-state index is 12.5. The molecule has 0 saturated carbocycles. The average molecular weight is 396 g/mol.